The highest BCUT2D eigenvalue weighted by molar-refractivity contribution is 6.32. The summed E-state index contributed by atoms with van der Waals surface area (Å²) in [7, 11) is 3.06. The summed E-state index contributed by atoms with van der Waals surface area (Å²) in [4.78, 5) is 22.6. The Morgan fingerprint density at radius 1 is 1.20 bits per heavy atom. The molecule has 2 aromatic rings. The fraction of sp³-hybridized carbons (Fsp3) is 0.353. The first-order valence-electron chi connectivity index (χ1n) is 7.84. The van der Waals surface area contributed by atoms with Crippen molar-refractivity contribution in [2.75, 3.05) is 32.6 Å². The van der Waals surface area contributed by atoms with Gasteiger partial charge in [0.15, 0.2) is 0 Å². The zero-order valence-electron chi connectivity index (χ0n) is 14.7. The van der Waals surface area contributed by atoms with Gasteiger partial charge in [-0.1, -0.05) is 11.6 Å². The quantitative estimate of drug-likeness (QED) is 0.811. The van der Waals surface area contributed by atoms with Crippen molar-refractivity contribution < 1.29 is 14.3 Å². The second kappa shape index (κ2) is 8.53. The van der Waals surface area contributed by atoms with Gasteiger partial charge in [-0.2, -0.15) is 0 Å². The molecule has 1 aromatic carbocycles. The monoisotopic (exact) mass is 364 g/mol. The highest BCUT2D eigenvalue weighted by Crippen LogP contribution is 2.36. The molecule has 2 rings (SSSR count). The van der Waals surface area contributed by atoms with Gasteiger partial charge < -0.3 is 19.7 Å². The lowest BCUT2D eigenvalue weighted by Gasteiger charge is -2.18. The number of carbonyl (C=O) groups excluding carboxylic acids is 1. The smallest absolute Gasteiger partial charge is 0.272 e. The number of ether oxygens (including phenoxy) is 2. The van der Waals surface area contributed by atoms with Crippen LogP contribution >= 0.6 is 11.6 Å². The van der Waals surface area contributed by atoms with Gasteiger partial charge in [0.2, 0.25) is 5.95 Å². The molecule has 134 valence electrons. The summed E-state index contributed by atoms with van der Waals surface area (Å²) >= 11 is 6.10. The molecule has 0 bridgehead atoms. The normalized spacial score (nSPS) is 10.3. The SMILES string of the molecule is CCN(CC)C(=O)c1ccnc(Nc2cc(OC)c(Cl)cc2OC)n1. The molecule has 1 heterocycles. The van der Waals surface area contributed by atoms with Gasteiger partial charge in [-0.05, 0) is 19.9 Å². The van der Waals surface area contributed by atoms with E-state index in [9.17, 15) is 4.79 Å². The van der Waals surface area contributed by atoms with Crippen LogP contribution in [0.1, 0.15) is 24.3 Å². The van der Waals surface area contributed by atoms with E-state index in [1.54, 1.807) is 23.1 Å². The number of anilines is 2. The molecule has 0 spiro atoms. The van der Waals surface area contributed by atoms with Gasteiger partial charge in [0.05, 0.1) is 24.9 Å². The first-order valence-corrected chi connectivity index (χ1v) is 8.22. The molecule has 0 saturated carbocycles. The van der Waals surface area contributed by atoms with Crippen LogP contribution in [0.15, 0.2) is 24.4 Å². The summed E-state index contributed by atoms with van der Waals surface area (Å²) in [5.74, 6) is 1.13. The zero-order chi connectivity index (χ0) is 18.4. The molecule has 0 aliphatic carbocycles. The molecule has 0 atom stereocenters. The van der Waals surface area contributed by atoms with Crippen molar-refractivity contribution >= 4 is 29.1 Å². The molecule has 0 saturated heterocycles. The first-order chi connectivity index (χ1) is 12.0. The molecule has 0 unspecified atom stereocenters. The topological polar surface area (TPSA) is 76.6 Å². The van der Waals surface area contributed by atoms with Crippen molar-refractivity contribution in [2.45, 2.75) is 13.8 Å². The fourth-order valence-electron chi connectivity index (χ4n) is 2.29. The lowest BCUT2D eigenvalue weighted by molar-refractivity contribution is 0.0767. The van der Waals surface area contributed by atoms with E-state index < -0.39 is 0 Å². The van der Waals surface area contributed by atoms with E-state index in [0.29, 0.717) is 41.0 Å². The van der Waals surface area contributed by atoms with E-state index in [-0.39, 0.29) is 11.9 Å². The van der Waals surface area contributed by atoms with Crippen LogP contribution in [0, 0.1) is 0 Å². The average Bonchev–Trinajstić information content (AvgIpc) is 2.63. The molecule has 25 heavy (non-hydrogen) atoms. The van der Waals surface area contributed by atoms with Gasteiger partial charge in [-0.15, -0.1) is 0 Å². The number of rotatable bonds is 7. The molecule has 7 nitrogen and oxygen atoms in total. The summed E-state index contributed by atoms with van der Waals surface area (Å²) in [5.41, 5.74) is 0.900. The summed E-state index contributed by atoms with van der Waals surface area (Å²) in [6.07, 6.45) is 1.53. The van der Waals surface area contributed by atoms with E-state index in [0.717, 1.165) is 0 Å². The number of aromatic nitrogens is 2. The van der Waals surface area contributed by atoms with Crippen LogP contribution in [-0.4, -0.2) is 48.1 Å². The second-order valence-corrected chi connectivity index (χ2v) is 5.46. The molecule has 1 N–H and O–H groups in total. The number of hydrogen-bond acceptors (Lipinski definition) is 6. The van der Waals surface area contributed by atoms with Crippen molar-refractivity contribution in [3.63, 3.8) is 0 Å². The van der Waals surface area contributed by atoms with Crippen LogP contribution in [0.2, 0.25) is 5.02 Å². The lowest BCUT2D eigenvalue weighted by atomic mass is 10.2. The first kappa shape index (κ1) is 18.8. The number of hydrogen-bond donors (Lipinski definition) is 1. The minimum absolute atomic E-state index is 0.142. The van der Waals surface area contributed by atoms with E-state index in [4.69, 9.17) is 21.1 Å². The van der Waals surface area contributed by atoms with Crippen LogP contribution in [0.5, 0.6) is 11.5 Å². The Kier molecular flexibility index (Phi) is 6.41. The standard InChI is InChI=1S/C17H21ClN4O3/c1-5-22(6-2)16(23)12-7-8-19-17(20-12)21-13-10-14(24-3)11(18)9-15(13)25-4/h7-10H,5-6H2,1-4H3,(H,19,20,21). The second-order valence-electron chi connectivity index (χ2n) is 5.05. The van der Waals surface area contributed by atoms with Crippen molar-refractivity contribution in [2.24, 2.45) is 0 Å². The number of nitrogens with zero attached hydrogens (tertiary/aromatic N) is 3. The van der Waals surface area contributed by atoms with E-state index >= 15 is 0 Å². The Hall–Kier alpha value is -2.54. The number of methoxy groups -OCH3 is 2. The lowest BCUT2D eigenvalue weighted by Crippen LogP contribution is -2.31. The van der Waals surface area contributed by atoms with E-state index in [2.05, 4.69) is 15.3 Å². The summed E-state index contributed by atoms with van der Waals surface area (Å²) in [6.45, 7) is 5.08. The molecule has 1 amide bonds. The molecule has 0 aliphatic heterocycles. The third-order valence-corrected chi connectivity index (χ3v) is 3.94. The molecule has 1 aromatic heterocycles. The third-order valence-electron chi connectivity index (χ3n) is 3.65. The third kappa shape index (κ3) is 4.30. The maximum absolute atomic E-state index is 12.4. The molecule has 0 fully saturated rings. The van der Waals surface area contributed by atoms with Crippen molar-refractivity contribution in [3.05, 3.63) is 35.1 Å². The number of carbonyl (C=O) groups is 1. The van der Waals surface area contributed by atoms with Crippen LogP contribution in [-0.2, 0) is 0 Å². The summed E-state index contributed by atoms with van der Waals surface area (Å²) < 4.78 is 10.5. The Morgan fingerprint density at radius 3 is 2.48 bits per heavy atom. The molecular formula is C17H21ClN4O3. The Balaban J connectivity index is 2.32. The predicted octanol–water partition coefficient (Wildman–Crippen LogP) is 3.37. The summed E-state index contributed by atoms with van der Waals surface area (Å²) in [6, 6.07) is 4.91. The van der Waals surface area contributed by atoms with Gasteiger partial charge in [0.1, 0.15) is 17.2 Å². The molecule has 8 heteroatoms. The van der Waals surface area contributed by atoms with Crippen molar-refractivity contribution in [1.29, 1.82) is 0 Å². The highest BCUT2D eigenvalue weighted by atomic mass is 35.5. The average molecular weight is 365 g/mol. The number of nitrogens with one attached hydrogen (secondary N) is 1. The Bertz CT molecular complexity index is 751. The molecule has 0 aliphatic rings. The van der Waals surface area contributed by atoms with Crippen molar-refractivity contribution in [3.8, 4) is 11.5 Å². The zero-order valence-corrected chi connectivity index (χ0v) is 15.4. The van der Waals surface area contributed by atoms with Gasteiger partial charge in [0, 0.05) is 31.4 Å². The molecule has 0 radical (unpaired) electrons. The molecular weight excluding hydrogens is 344 g/mol. The predicted molar refractivity (Wildman–Crippen MR) is 97.1 cm³/mol. The maximum atomic E-state index is 12.4. The van der Waals surface area contributed by atoms with Gasteiger partial charge in [-0.25, -0.2) is 9.97 Å². The Morgan fingerprint density at radius 2 is 1.88 bits per heavy atom. The number of halogens is 1. The fourth-order valence-corrected chi connectivity index (χ4v) is 2.52. The van der Waals surface area contributed by atoms with Gasteiger partial charge >= 0.3 is 0 Å². The van der Waals surface area contributed by atoms with Gasteiger partial charge in [-0.3, -0.25) is 4.79 Å². The summed E-state index contributed by atoms with van der Waals surface area (Å²) in [5, 5.41) is 3.47. The van der Waals surface area contributed by atoms with Crippen LogP contribution in [0.25, 0.3) is 0 Å². The maximum Gasteiger partial charge on any atom is 0.272 e. The van der Waals surface area contributed by atoms with Crippen molar-refractivity contribution in [1.82, 2.24) is 14.9 Å². The minimum Gasteiger partial charge on any atom is -0.495 e. The van der Waals surface area contributed by atoms with Crippen LogP contribution in [0.3, 0.4) is 0 Å². The van der Waals surface area contributed by atoms with E-state index in [1.807, 2.05) is 13.8 Å². The van der Waals surface area contributed by atoms with Crippen LogP contribution in [0.4, 0.5) is 11.6 Å². The van der Waals surface area contributed by atoms with Crippen LogP contribution < -0.4 is 14.8 Å². The minimum atomic E-state index is -0.142. The Labute approximate surface area is 151 Å². The largest absolute Gasteiger partial charge is 0.495 e. The number of amides is 1. The van der Waals surface area contributed by atoms with Gasteiger partial charge in [0.25, 0.3) is 5.91 Å². The number of benzene rings is 1. The highest BCUT2D eigenvalue weighted by Gasteiger charge is 2.16. The van der Waals surface area contributed by atoms with E-state index in [1.165, 1.54) is 20.4 Å².